The Balaban J connectivity index is 0.00000200. The Bertz CT molecular complexity index is 318. The van der Waals surface area contributed by atoms with Gasteiger partial charge in [-0.2, -0.15) is 0 Å². The van der Waals surface area contributed by atoms with Gasteiger partial charge in [-0.25, -0.2) is 0 Å². The molecule has 1 aliphatic heterocycles. The first kappa shape index (κ1) is 18.0. The molecule has 2 aliphatic rings. The van der Waals surface area contributed by atoms with Crippen molar-refractivity contribution in [3.05, 3.63) is 0 Å². The first-order valence-corrected chi connectivity index (χ1v) is 7.49. The van der Waals surface area contributed by atoms with E-state index < -0.39 is 0 Å². The van der Waals surface area contributed by atoms with Crippen LogP contribution in [0.5, 0.6) is 0 Å². The highest BCUT2D eigenvalue weighted by atomic mass is 127. The van der Waals surface area contributed by atoms with Gasteiger partial charge in [-0.05, 0) is 33.6 Å². The van der Waals surface area contributed by atoms with Crippen molar-refractivity contribution < 1.29 is 4.74 Å². The molecule has 2 rings (SSSR count). The van der Waals surface area contributed by atoms with Gasteiger partial charge in [0.1, 0.15) is 0 Å². The van der Waals surface area contributed by atoms with Gasteiger partial charge in [0, 0.05) is 31.2 Å². The van der Waals surface area contributed by atoms with Crippen LogP contribution in [-0.4, -0.2) is 61.8 Å². The fraction of sp³-hybridized carbons (Fsp3) is 0.929. The molecule has 0 unspecified atom stereocenters. The molecule has 5 nitrogen and oxygen atoms in total. The maximum Gasteiger partial charge on any atom is 0.191 e. The molecule has 0 radical (unpaired) electrons. The Kier molecular flexibility index (Phi) is 7.53. The predicted molar refractivity (Wildman–Crippen MR) is 94.0 cm³/mol. The molecular formula is C14H29IN4O. The van der Waals surface area contributed by atoms with Crippen LogP contribution in [0.4, 0.5) is 0 Å². The Morgan fingerprint density at radius 1 is 1.40 bits per heavy atom. The van der Waals surface area contributed by atoms with Gasteiger partial charge in [0.15, 0.2) is 5.96 Å². The number of guanidine groups is 1. The lowest BCUT2D eigenvalue weighted by Gasteiger charge is -2.41. The smallest absolute Gasteiger partial charge is 0.191 e. The Hall–Kier alpha value is -0.0800. The van der Waals surface area contributed by atoms with Crippen LogP contribution in [0.3, 0.4) is 0 Å². The second-order valence-corrected chi connectivity index (χ2v) is 6.03. The van der Waals surface area contributed by atoms with Gasteiger partial charge in [-0.1, -0.05) is 0 Å². The number of ether oxygens (including phenoxy) is 1. The first-order valence-electron chi connectivity index (χ1n) is 7.49. The summed E-state index contributed by atoms with van der Waals surface area (Å²) in [5, 5.41) is 6.75. The largest absolute Gasteiger partial charge is 0.378 e. The lowest BCUT2D eigenvalue weighted by atomic mass is 10.0. The van der Waals surface area contributed by atoms with E-state index in [2.05, 4.69) is 41.3 Å². The van der Waals surface area contributed by atoms with Crippen LogP contribution in [0, 0.1) is 0 Å². The van der Waals surface area contributed by atoms with E-state index in [-0.39, 0.29) is 29.5 Å². The van der Waals surface area contributed by atoms with Gasteiger partial charge in [-0.15, -0.1) is 24.0 Å². The second-order valence-electron chi connectivity index (χ2n) is 6.03. The fourth-order valence-electron chi connectivity index (χ4n) is 2.33. The van der Waals surface area contributed by atoms with E-state index in [1.807, 2.05) is 0 Å². The fourth-order valence-corrected chi connectivity index (χ4v) is 2.33. The van der Waals surface area contributed by atoms with Crippen molar-refractivity contribution in [2.45, 2.75) is 45.2 Å². The summed E-state index contributed by atoms with van der Waals surface area (Å²) in [6.45, 7) is 12.0. The minimum atomic E-state index is 0. The average Bonchev–Trinajstić information content (AvgIpc) is 3.15. The number of rotatable bonds is 5. The van der Waals surface area contributed by atoms with Crippen LogP contribution >= 0.6 is 24.0 Å². The van der Waals surface area contributed by atoms with Gasteiger partial charge in [0.05, 0.1) is 19.8 Å². The molecular weight excluding hydrogens is 367 g/mol. The van der Waals surface area contributed by atoms with E-state index in [4.69, 9.17) is 4.74 Å². The number of hydrogen-bond donors (Lipinski definition) is 2. The van der Waals surface area contributed by atoms with Crippen LogP contribution in [0.1, 0.15) is 33.6 Å². The van der Waals surface area contributed by atoms with Gasteiger partial charge >= 0.3 is 0 Å². The minimum absolute atomic E-state index is 0. The third kappa shape index (κ3) is 5.73. The second kappa shape index (κ2) is 8.38. The lowest BCUT2D eigenvalue weighted by Crippen LogP contribution is -2.53. The summed E-state index contributed by atoms with van der Waals surface area (Å²) in [4.78, 5) is 7.14. The maximum absolute atomic E-state index is 5.54. The number of morpholine rings is 1. The first-order chi connectivity index (χ1) is 9.12. The van der Waals surface area contributed by atoms with Crippen molar-refractivity contribution in [3.63, 3.8) is 0 Å². The normalized spacial score (nSPS) is 23.1. The molecule has 0 aromatic heterocycles. The molecule has 0 spiro atoms. The molecule has 0 amide bonds. The summed E-state index contributed by atoms with van der Waals surface area (Å²) in [6.07, 6.45) is 2.56. The van der Waals surface area contributed by atoms with Crippen molar-refractivity contribution in [1.82, 2.24) is 15.5 Å². The third-order valence-electron chi connectivity index (χ3n) is 3.72. The van der Waals surface area contributed by atoms with E-state index in [0.717, 1.165) is 45.4 Å². The number of halogens is 1. The standard InChI is InChI=1S/C14H28N4O.HI/c1-4-15-13(17-12-5-6-12)16-7-8-18-9-10-19-11-14(18,2)3;/h12H,4-11H2,1-3H3,(H2,15,16,17);1H. The number of nitrogens with zero attached hydrogens (tertiary/aromatic N) is 2. The van der Waals surface area contributed by atoms with Crippen molar-refractivity contribution >= 4 is 29.9 Å². The molecule has 1 aliphatic carbocycles. The predicted octanol–water partition coefficient (Wildman–Crippen LogP) is 1.43. The SMILES string of the molecule is CCNC(=NCCN1CCOCC1(C)C)NC1CC1.I. The van der Waals surface area contributed by atoms with E-state index in [1.54, 1.807) is 0 Å². The van der Waals surface area contributed by atoms with Crippen LogP contribution in [0.2, 0.25) is 0 Å². The van der Waals surface area contributed by atoms with Crippen LogP contribution in [-0.2, 0) is 4.74 Å². The number of nitrogens with one attached hydrogen (secondary N) is 2. The molecule has 2 fully saturated rings. The van der Waals surface area contributed by atoms with Crippen LogP contribution in [0.25, 0.3) is 0 Å². The van der Waals surface area contributed by atoms with Crippen LogP contribution in [0.15, 0.2) is 4.99 Å². The van der Waals surface area contributed by atoms with Gasteiger partial charge < -0.3 is 15.4 Å². The van der Waals surface area contributed by atoms with E-state index in [9.17, 15) is 0 Å². The summed E-state index contributed by atoms with van der Waals surface area (Å²) in [5.74, 6) is 0.969. The summed E-state index contributed by atoms with van der Waals surface area (Å²) in [5.41, 5.74) is 0.135. The van der Waals surface area contributed by atoms with Crippen molar-refractivity contribution in [1.29, 1.82) is 0 Å². The molecule has 6 heteroatoms. The van der Waals surface area contributed by atoms with Gasteiger partial charge in [-0.3, -0.25) is 9.89 Å². The van der Waals surface area contributed by atoms with Crippen molar-refractivity contribution in [2.75, 3.05) is 39.4 Å². The molecule has 1 heterocycles. The van der Waals surface area contributed by atoms with E-state index in [0.29, 0.717) is 6.04 Å². The molecule has 2 N–H and O–H groups in total. The highest BCUT2D eigenvalue weighted by Crippen LogP contribution is 2.19. The Labute approximate surface area is 139 Å². The van der Waals surface area contributed by atoms with Crippen molar-refractivity contribution in [3.8, 4) is 0 Å². The lowest BCUT2D eigenvalue weighted by molar-refractivity contribution is -0.0491. The zero-order chi connectivity index (χ0) is 13.7. The zero-order valence-electron chi connectivity index (χ0n) is 12.9. The molecule has 0 atom stereocenters. The molecule has 1 saturated heterocycles. The van der Waals surface area contributed by atoms with Crippen LogP contribution < -0.4 is 10.6 Å². The minimum Gasteiger partial charge on any atom is -0.378 e. The molecule has 1 saturated carbocycles. The zero-order valence-corrected chi connectivity index (χ0v) is 15.3. The molecule has 0 aromatic carbocycles. The Morgan fingerprint density at radius 2 is 2.15 bits per heavy atom. The molecule has 0 aromatic rings. The highest BCUT2D eigenvalue weighted by molar-refractivity contribution is 14.0. The Morgan fingerprint density at radius 3 is 2.75 bits per heavy atom. The van der Waals surface area contributed by atoms with Crippen molar-refractivity contribution in [2.24, 2.45) is 4.99 Å². The third-order valence-corrected chi connectivity index (χ3v) is 3.72. The maximum atomic E-state index is 5.54. The van der Waals surface area contributed by atoms with E-state index >= 15 is 0 Å². The number of hydrogen-bond acceptors (Lipinski definition) is 3. The summed E-state index contributed by atoms with van der Waals surface area (Å²) < 4.78 is 5.54. The summed E-state index contributed by atoms with van der Waals surface area (Å²) in [7, 11) is 0. The molecule has 20 heavy (non-hydrogen) atoms. The molecule has 0 bridgehead atoms. The summed E-state index contributed by atoms with van der Waals surface area (Å²) >= 11 is 0. The van der Waals surface area contributed by atoms with Gasteiger partial charge in [0.25, 0.3) is 0 Å². The quantitative estimate of drug-likeness (QED) is 0.420. The molecule has 118 valence electrons. The average molecular weight is 396 g/mol. The monoisotopic (exact) mass is 396 g/mol. The van der Waals surface area contributed by atoms with Gasteiger partial charge in [0.2, 0.25) is 0 Å². The van der Waals surface area contributed by atoms with E-state index in [1.165, 1.54) is 12.8 Å². The number of aliphatic imine (C=N–C) groups is 1. The topological polar surface area (TPSA) is 48.9 Å². The highest BCUT2D eigenvalue weighted by Gasteiger charge is 2.29. The summed E-state index contributed by atoms with van der Waals surface area (Å²) in [6, 6.07) is 0.651.